The van der Waals surface area contributed by atoms with Crippen LogP contribution in [0, 0.1) is 37.2 Å². The van der Waals surface area contributed by atoms with Crippen LogP contribution >= 0.6 is 11.3 Å². The van der Waals surface area contributed by atoms with Crippen molar-refractivity contribution < 1.29 is 29.0 Å². The van der Waals surface area contributed by atoms with Gasteiger partial charge in [-0.1, -0.05) is 43.3 Å². The van der Waals surface area contributed by atoms with Crippen molar-refractivity contribution >= 4 is 17.0 Å². The molecule has 6 aliphatic rings. The maximum absolute atomic E-state index is 7.67. The predicted octanol–water partition coefficient (Wildman–Crippen LogP) is 9.09. The normalized spacial score (nSPS) is 32.4. The van der Waals surface area contributed by atoms with E-state index in [4.69, 9.17) is 14.2 Å². The summed E-state index contributed by atoms with van der Waals surface area (Å²) in [5, 5.41) is 9.57. The molecule has 0 spiro atoms. The van der Waals surface area contributed by atoms with E-state index in [0.717, 1.165) is 63.3 Å². The van der Waals surface area contributed by atoms with E-state index in [1.165, 1.54) is 49.7 Å². The largest absolute Gasteiger partial charge is 0.766 e. The number of nitrogens with zero attached hydrogens (tertiary/aromatic N) is 3. The first kappa shape index (κ1) is 26.1. The van der Waals surface area contributed by atoms with Gasteiger partial charge in [0, 0.05) is 40.7 Å². The van der Waals surface area contributed by atoms with Crippen molar-refractivity contribution in [3.63, 3.8) is 0 Å². The van der Waals surface area contributed by atoms with E-state index < -0.39 is 6.85 Å². The number of thiophene rings is 1. The van der Waals surface area contributed by atoms with Gasteiger partial charge in [-0.25, -0.2) is 12.0 Å². The average Bonchev–Trinajstić information content (AvgIpc) is 3.53. The third-order valence-corrected chi connectivity index (χ3v) is 10.3. The van der Waals surface area contributed by atoms with Gasteiger partial charge >= 0.3 is 0 Å². The fraction of sp³-hybridized carbons (Fsp3) is 0.588. The van der Waals surface area contributed by atoms with Crippen LogP contribution in [0.5, 0.6) is 0 Å². The second-order valence-electron chi connectivity index (χ2n) is 12.2. The van der Waals surface area contributed by atoms with E-state index in [-0.39, 0.29) is 32.4 Å². The molecule has 7 rings (SSSR count). The number of ether oxygens (including phenoxy) is 1. The molecule has 1 radical (unpaired) electrons. The van der Waals surface area contributed by atoms with E-state index in [2.05, 4.69) is 62.6 Å². The molecule has 4 aliphatic heterocycles. The van der Waals surface area contributed by atoms with Crippen molar-refractivity contribution in [1.29, 1.82) is 0 Å². The zero-order valence-corrected chi connectivity index (χ0v) is 27.4. The molecule has 1 aromatic rings. The standard InChI is InChI=1S/C20H24N2OS.C14H19N.Ir/c1-11-6-7-15-14-4-3-5-16(19(14)23-20(15)22-11)17-9-13-8-12(2)24-18(13)10-21-17;1-10-4-6-13(7-5-10)14-8-11(2)12(3)9-15-14;/h5,8,14-15,17,20H,3-4,6-7,9-10H2,1-2H3;8,10H,4-6,9H2,1-3H3;/q2*-2;/t14?,15?,17-,20?;10-;/m11./s1/i1D3;;. The SMILES string of the molecule is CC1=C(C)C[N-]C(C2=[C-]C[C@H](C)CC2)=C1.[2H]C([2H])([2H])C1=NC2OC3=C([C@H]4Cc5cc(C)sc5C[N-]4)[CH-]CCC3C2CC1.[Ir]. The predicted molar refractivity (Wildman–Crippen MR) is 163 cm³/mol. The minimum absolute atomic E-state index is 0. The molecule has 1 fully saturated rings. The first-order valence-electron chi connectivity index (χ1n) is 16.3. The molecule has 0 bridgehead atoms. The van der Waals surface area contributed by atoms with Crippen LogP contribution in [0.25, 0.3) is 10.6 Å². The Morgan fingerprint density at radius 3 is 2.83 bits per heavy atom. The fourth-order valence-corrected chi connectivity index (χ4v) is 7.71. The number of hydrogen-bond donors (Lipinski definition) is 0. The summed E-state index contributed by atoms with van der Waals surface area (Å²) in [6.45, 7) is 8.36. The van der Waals surface area contributed by atoms with Gasteiger partial charge in [0.2, 0.25) is 0 Å². The molecule has 4 nitrogen and oxygen atoms in total. The van der Waals surface area contributed by atoms with Crippen molar-refractivity contribution in [2.24, 2.45) is 22.7 Å². The Kier molecular flexibility index (Phi) is 8.30. The van der Waals surface area contributed by atoms with Gasteiger partial charge in [0.15, 0.2) is 6.23 Å². The van der Waals surface area contributed by atoms with Crippen LogP contribution < -0.4 is 0 Å². The first-order chi connectivity index (χ1) is 20.1. The molecule has 0 amide bonds. The Morgan fingerprint density at radius 1 is 1.18 bits per heavy atom. The van der Waals surface area contributed by atoms with Crippen LogP contribution in [0.2, 0.25) is 0 Å². The van der Waals surface area contributed by atoms with Crippen LogP contribution in [0.1, 0.15) is 92.0 Å². The summed E-state index contributed by atoms with van der Waals surface area (Å²) in [6, 6.07) is 2.46. The molecule has 219 valence electrons. The molecule has 0 aromatic carbocycles. The van der Waals surface area contributed by atoms with Gasteiger partial charge in [-0.15, -0.1) is 43.3 Å². The summed E-state index contributed by atoms with van der Waals surface area (Å²) in [7, 11) is 0. The van der Waals surface area contributed by atoms with Crippen LogP contribution in [0.15, 0.2) is 50.9 Å². The monoisotopic (exact) mass is 737 g/mol. The zero-order valence-electron chi connectivity index (χ0n) is 27.2. The smallest absolute Gasteiger partial charge is 0.171 e. The molecule has 40 heavy (non-hydrogen) atoms. The van der Waals surface area contributed by atoms with Crippen molar-refractivity contribution in [2.75, 3.05) is 6.54 Å². The van der Waals surface area contributed by atoms with Crippen LogP contribution in [0.3, 0.4) is 0 Å². The molecule has 0 saturated carbocycles. The van der Waals surface area contributed by atoms with Crippen LogP contribution in [-0.4, -0.2) is 24.5 Å². The van der Waals surface area contributed by atoms with E-state index in [1.54, 1.807) is 0 Å². The molecule has 3 unspecified atom stereocenters. The second-order valence-corrected chi connectivity index (χ2v) is 13.5. The summed E-state index contributed by atoms with van der Waals surface area (Å²) >= 11 is 1.85. The molecule has 0 N–H and O–H groups in total. The van der Waals surface area contributed by atoms with Gasteiger partial charge in [0.05, 0.1) is 0 Å². The van der Waals surface area contributed by atoms with Crippen LogP contribution in [-0.2, 0) is 37.8 Å². The summed E-state index contributed by atoms with van der Waals surface area (Å²) in [5.41, 5.74) is 8.30. The Labute approximate surface area is 263 Å². The molecular weight excluding hydrogens is 691 g/mol. The summed E-state index contributed by atoms with van der Waals surface area (Å²) in [6.07, 6.45) is 15.8. The van der Waals surface area contributed by atoms with Crippen molar-refractivity contribution in [3.8, 4) is 0 Å². The molecule has 2 aliphatic carbocycles. The van der Waals surface area contributed by atoms with E-state index >= 15 is 0 Å². The molecule has 1 saturated heterocycles. The van der Waals surface area contributed by atoms with Gasteiger partial charge in [-0.3, -0.25) is 11.1 Å². The molecule has 1 aromatic heterocycles. The summed E-state index contributed by atoms with van der Waals surface area (Å²) in [4.78, 5) is 7.27. The minimum Gasteiger partial charge on any atom is -0.766 e. The molecule has 5 atom stereocenters. The molecule has 5 heterocycles. The molecular formula is C34H43IrN3OS-4. The average molecular weight is 737 g/mol. The second kappa shape index (κ2) is 12.7. The minimum atomic E-state index is -2.10. The van der Waals surface area contributed by atoms with E-state index in [9.17, 15) is 0 Å². The quantitative estimate of drug-likeness (QED) is 0.280. The number of rotatable bonds is 2. The van der Waals surface area contributed by atoms with E-state index in [0.29, 0.717) is 24.0 Å². The number of hydrogen-bond acceptors (Lipinski definition) is 3. The number of allylic oxidation sites excluding steroid dienone is 5. The summed E-state index contributed by atoms with van der Waals surface area (Å²) in [5.74, 6) is 2.54. The van der Waals surface area contributed by atoms with Gasteiger partial charge in [-0.05, 0) is 75.1 Å². The Morgan fingerprint density at radius 2 is 2.05 bits per heavy atom. The Bertz CT molecular complexity index is 1370. The Hall–Kier alpha value is -1.59. The Balaban J connectivity index is 0.000000197. The van der Waals surface area contributed by atoms with Gasteiger partial charge in [0.1, 0.15) is 0 Å². The van der Waals surface area contributed by atoms with Gasteiger partial charge in [-0.2, -0.15) is 11.6 Å². The first-order valence-corrected chi connectivity index (χ1v) is 15.6. The number of aryl methyl sites for hydroxylation is 1. The number of fused-ring (bicyclic) bond motifs is 4. The van der Waals surface area contributed by atoms with E-state index in [1.807, 2.05) is 11.3 Å². The zero-order chi connectivity index (χ0) is 29.6. The molecule has 6 heteroatoms. The fourth-order valence-electron chi connectivity index (χ4n) is 6.71. The van der Waals surface area contributed by atoms with Crippen molar-refractivity contribution in [2.45, 2.75) is 105 Å². The van der Waals surface area contributed by atoms with Crippen LogP contribution in [0.4, 0.5) is 0 Å². The van der Waals surface area contributed by atoms with Crippen molar-refractivity contribution in [3.05, 3.63) is 84.3 Å². The van der Waals surface area contributed by atoms with Gasteiger partial charge < -0.3 is 21.1 Å². The van der Waals surface area contributed by atoms with Gasteiger partial charge in [0.25, 0.3) is 0 Å². The third kappa shape index (κ3) is 6.26. The summed E-state index contributed by atoms with van der Waals surface area (Å²) < 4.78 is 29.3. The van der Waals surface area contributed by atoms with Crippen molar-refractivity contribution in [1.82, 2.24) is 0 Å². The number of aliphatic imine (C=N–C) groups is 1. The third-order valence-electron chi connectivity index (χ3n) is 9.21. The maximum Gasteiger partial charge on any atom is 0.171 e. The maximum atomic E-state index is 7.67. The topological polar surface area (TPSA) is 49.8 Å².